The van der Waals surface area contributed by atoms with Crippen LogP contribution in [0, 0.1) is 0 Å². The van der Waals surface area contributed by atoms with Crippen LogP contribution in [0.2, 0.25) is 0 Å². The second-order valence-electron chi connectivity index (χ2n) is 4.97. The zero-order chi connectivity index (χ0) is 15.1. The molecule has 0 unspecified atom stereocenters. The third-order valence-corrected chi connectivity index (χ3v) is 3.27. The van der Waals surface area contributed by atoms with Gasteiger partial charge in [0, 0.05) is 18.2 Å². The molecule has 118 valence electrons. The Bertz CT molecular complexity index is 590. The third-order valence-electron chi connectivity index (χ3n) is 3.27. The van der Waals surface area contributed by atoms with E-state index >= 15 is 0 Å². The number of carbonyl (C=O) groups excluding carboxylic acids is 1. The number of aliphatic hydroxyl groups excluding tert-OH is 1. The molecule has 2 aromatic rings. The SMILES string of the molecule is Cl.N[C@@H](CO)Cc1ccccc1C(=O)NCc1ccccc1. The highest BCUT2D eigenvalue weighted by molar-refractivity contribution is 5.95. The topological polar surface area (TPSA) is 75.3 Å². The fourth-order valence-corrected chi connectivity index (χ4v) is 2.14. The Kier molecular flexibility index (Phi) is 7.60. The van der Waals surface area contributed by atoms with E-state index in [1.165, 1.54) is 0 Å². The molecule has 2 aromatic carbocycles. The third kappa shape index (κ3) is 5.15. The predicted octanol–water partition coefficient (Wildman–Crippen LogP) is 1.90. The van der Waals surface area contributed by atoms with Crippen LogP contribution < -0.4 is 11.1 Å². The van der Waals surface area contributed by atoms with Gasteiger partial charge in [0.15, 0.2) is 0 Å². The standard InChI is InChI=1S/C17H20N2O2.ClH/c18-15(12-20)10-14-8-4-5-9-16(14)17(21)19-11-13-6-2-1-3-7-13;/h1-9,15,20H,10-12,18H2,(H,19,21);1H/t15-;/m1./s1. The van der Waals surface area contributed by atoms with Crippen LogP contribution in [0.3, 0.4) is 0 Å². The summed E-state index contributed by atoms with van der Waals surface area (Å²) in [5.74, 6) is -0.125. The summed E-state index contributed by atoms with van der Waals surface area (Å²) >= 11 is 0. The summed E-state index contributed by atoms with van der Waals surface area (Å²) in [6.45, 7) is 0.389. The van der Waals surface area contributed by atoms with Crippen molar-refractivity contribution in [2.75, 3.05) is 6.61 Å². The van der Waals surface area contributed by atoms with E-state index in [0.717, 1.165) is 11.1 Å². The Morgan fingerprint density at radius 1 is 1.09 bits per heavy atom. The van der Waals surface area contributed by atoms with Crippen molar-refractivity contribution in [1.29, 1.82) is 0 Å². The molecule has 0 fully saturated rings. The lowest BCUT2D eigenvalue weighted by atomic mass is 10.0. The molecule has 0 heterocycles. The van der Waals surface area contributed by atoms with Crippen molar-refractivity contribution < 1.29 is 9.90 Å². The van der Waals surface area contributed by atoms with Gasteiger partial charge < -0.3 is 16.2 Å². The molecule has 0 spiro atoms. The molecule has 4 nitrogen and oxygen atoms in total. The maximum Gasteiger partial charge on any atom is 0.251 e. The Balaban J connectivity index is 0.00000242. The number of hydrogen-bond acceptors (Lipinski definition) is 3. The zero-order valence-electron chi connectivity index (χ0n) is 12.2. The number of nitrogens with one attached hydrogen (secondary N) is 1. The number of hydrogen-bond donors (Lipinski definition) is 3. The van der Waals surface area contributed by atoms with Crippen LogP contribution in [0.1, 0.15) is 21.5 Å². The van der Waals surface area contributed by atoms with Crippen LogP contribution in [-0.4, -0.2) is 23.7 Å². The quantitative estimate of drug-likeness (QED) is 0.761. The first-order chi connectivity index (χ1) is 10.2. The van der Waals surface area contributed by atoms with E-state index in [1.54, 1.807) is 6.07 Å². The van der Waals surface area contributed by atoms with Crippen molar-refractivity contribution >= 4 is 18.3 Å². The highest BCUT2D eigenvalue weighted by Crippen LogP contribution is 2.11. The van der Waals surface area contributed by atoms with Crippen LogP contribution in [0.4, 0.5) is 0 Å². The molecule has 0 aliphatic heterocycles. The molecule has 1 amide bonds. The van der Waals surface area contributed by atoms with Gasteiger partial charge in [-0.2, -0.15) is 0 Å². The molecule has 1 atom stereocenters. The molecule has 22 heavy (non-hydrogen) atoms. The van der Waals surface area contributed by atoms with E-state index in [9.17, 15) is 4.79 Å². The van der Waals surface area contributed by atoms with Crippen molar-refractivity contribution in [2.24, 2.45) is 5.73 Å². The fourth-order valence-electron chi connectivity index (χ4n) is 2.14. The molecule has 4 N–H and O–H groups in total. The fraction of sp³-hybridized carbons (Fsp3) is 0.235. The molecule has 0 saturated carbocycles. The molecular weight excluding hydrogens is 300 g/mol. The predicted molar refractivity (Wildman–Crippen MR) is 90.1 cm³/mol. The van der Waals surface area contributed by atoms with Crippen molar-refractivity contribution in [2.45, 2.75) is 19.0 Å². The molecule has 2 rings (SSSR count). The maximum absolute atomic E-state index is 12.3. The average Bonchev–Trinajstić information content (AvgIpc) is 2.54. The summed E-state index contributed by atoms with van der Waals surface area (Å²) in [4.78, 5) is 12.3. The number of carbonyl (C=O) groups is 1. The minimum Gasteiger partial charge on any atom is -0.395 e. The minimum atomic E-state index is -0.354. The summed E-state index contributed by atoms with van der Waals surface area (Å²) in [7, 11) is 0. The number of benzene rings is 2. The first-order valence-electron chi connectivity index (χ1n) is 6.97. The van der Waals surface area contributed by atoms with Gasteiger partial charge >= 0.3 is 0 Å². The Hall–Kier alpha value is -1.88. The molecule has 0 radical (unpaired) electrons. The van der Waals surface area contributed by atoms with Crippen molar-refractivity contribution in [3.8, 4) is 0 Å². The Morgan fingerprint density at radius 3 is 2.41 bits per heavy atom. The second kappa shape index (κ2) is 9.20. The van der Waals surface area contributed by atoms with Gasteiger partial charge in [-0.25, -0.2) is 0 Å². The van der Waals surface area contributed by atoms with E-state index in [-0.39, 0.29) is 31.0 Å². The molecule has 0 aromatic heterocycles. The molecule has 0 aliphatic carbocycles. The normalized spacial score (nSPS) is 11.4. The van der Waals surface area contributed by atoms with E-state index < -0.39 is 0 Å². The van der Waals surface area contributed by atoms with Gasteiger partial charge in [0.2, 0.25) is 0 Å². The maximum atomic E-state index is 12.3. The summed E-state index contributed by atoms with van der Waals surface area (Å²) in [5.41, 5.74) is 8.27. The number of aliphatic hydroxyl groups is 1. The second-order valence-corrected chi connectivity index (χ2v) is 4.97. The Morgan fingerprint density at radius 2 is 1.73 bits per heavy atom. The largest absolute Gasteiger partial charge is 0.395 e. The van der Waals surface area contributed by atoms with Gasteiger partial charge in [0.05, 0.1) is 6.61 Å². The number of halogens is 1. The van der Waals surface area contributed by atoms with Crippen molar-refractivity contribution in [1.82, 2.24) is 5.32 Å². The van der Waals surface area contributed by atoms with Crippen LogP contribution in [0.5, 0.6) is 0 Å². The van der Waals surface area contributed by atoms with Gasteiger partial charge in [0.25, 0.3) is 5.91 Å². The first-order valence-corrected chi connectivity index (χ1v) is 6.97. The Labute approximate surface area is 136 Å². The van der Waals surface area contributed by atoms with Crippen LogP contribution >= 0.6 is 12.4 Å². The average molecular weight is 321 g/mol. The smallest absolute Gasteiger partial charge is 0.251 e. The van der Waals surface area contributed by atoms with E-state index in [0.29, 0.717) is 18.5 Å². The van der Waals surface area contributed by atoms with Crippen molar-refractivity contribution in [3.63, 3.8) is 0 Å². The van der Waals surface area contributed by atoms with E-state index in [1.807, 2.05) is 48.5 Å². The number of amides is 1. The molecule has 0 bridgehead atoms. The van der Waals surface area contributed by atoms with Gasteiger partial charge in [-0.05, 0) is 23.6 Å². The van der Waals surface area contributed by atoms with Gasteiger partial charge in [-0.1, -0.05) is 48.5 Å². The summed E-state index contributed by atoms with van der Waals surface area (Å²) in [6, 6.07) is 16.7. The summed E-state index contributed by atoms with van der Waals surface area (Å²) in [6.07, 6.45) is 0.478. The highest BCUT2D eigenvalue weighted by Gasteiger charge is 2.12. The monoisotopic (exact) mass is 320 g/mol. The van der Waals surface area contributed by atoms with Crippen LogP contribution in [0.25, 0.3) is 0 Å². The van der Waals surface area contributed by atoms with Gasteiger partial charge in [-0.3, -0.25) is 4.79 Å². The van der Waals surface area contributed by atoms with E-state index in [2.05, 4.69) is 5.32 Å². The van der Waals surface area contributed by atoms with Crippen LogP contribution in [0.15, 0.2) is 54.6 Å². The zero-order valence-corrected chi connectivity index (χ0v) is 13.1. The molecule has 0 saturated heterocycles. The van der Waals surface area contributed by atoms with Crippen molar-refractivity contribution in [3.05, 3.63) is 71.3 Å². The van der Waals surface area contributed by atoms with Crippen LogP contribution in [-0.2, 0) is 13.0 Å². The van der Waals surface area contributed by atoms with Gasteiger partial charge in [0.1, 0.15) is 0 Å². The lowest BCUT2D eigenvalue weighted by Gasteiger charge is -2.13. The van der Waals surface area contributed by atoms with E-state index in [4.69, 9.17) is 10.8 Å². The molecular formula is C17H21ClN2O2. The van der Waals surface area contributed by atoms with Gasteiger partial charge in [-0.15, -0.1) is 12.4 Å². The minimum absolute atomic E-state index is 0. The summed E-state index contributed by atoms with van der Waals surface area (Å²) in [5, 5.41) is 12.0. The number of nitrogens with two attached hydrogens (primary N) is 1. The first kappa shape index (κ1) is 18.2. The lowest BCUT2D eigenvalue weighted by Crippen LogP contribution is -2.29. The molecule has 0 aliphatic rings. The highest BCUT2D eigenvalue weighted by atomic mass is 35.5. The lowest BCUT2D eigenvalue weighted by molar-refractivity contribution is 0.0949. The summed E-state index contributed by atoms with van der Waals surface area (Å²) < 4.78 is 0. The molecule has 5 heteroatoms. The number of rotatable bonds is 6.